The molecule has 0 saturated carbocycles. The van der Waals surface area contributed by atoms with Gasteiger partial charge in [-0.3, -0.25) is 9.55 Å². The summed E-state index contributed by atoms with van der Waals surface area (Å²) in [6.07, 6.45) is 1.43. The first-order valence-electron chi connectivity index (χ1n) is 8.18. The summed E-state index contributed by atoms with van der Waals surface area (Å²) in [5.74, 6) is -0.177. The van der Waals surface area contributed by atoms with Gasteiger partial charge in [0.05, 0.1) is 21.4 Å². The van der Waals surface area contributed by atoms with Gasteiger partial charge >= 0.3 is 6.18 Å². The Balaban J connectivity index is 1.83. The average Bonchev–Trinajstić information content (AvgIpc) is 3.20. The van der Waals surface area contributed by atoms with Gasteiger partial charge in [0.25, 0.3) is 0 Å². The van der Waals surface area contributed by atoms with Crippen LogP contribution in [0.2, 0.25) is 10.0 Å². The van der Waals surface area contributed by atoms with E-state index in [0.717, 1.165) is 6.07 Å². The molecule has 1 aromatic carbocycles. The summed E-state index contributed by atoms with van der Waals surface area (Å²) >= 11 is 11.9. The first-order chi connectivity index (χ1) is 13.8. The van der Waals surface area contributed by atoms with Crippen LogP contribution in [0.1, 0.15) is 5.69 Å². The fourth-order valence-electron chi connectivity index (χ4n) is 2.59. The number of benzene rings is 1. The van der Waals surface area contributed by atoms with Crippen LogP contribution in [0, 0.1) is 0 Å². The second kappa shape index (κ2) is 7.46. The van der Waals surface area contributed by atoms with E-state index in [-0.39, 0.29) is 21.7 Å². The Morgan fingerprint density at radius 3 is 2.41 bits per heavy atom. The van der Waals surface area contributed by atoms with Crippen molar-refractivity contribution in [1.29, 1.82) is 0 Å². The van der Waals surface area contributed by atoms with Crippen molar-refractivity contribution >= 4 is 23.2 Å². The van der Waals surface area contributed by atoms with Crippen molar-refractivity contribution in [2.24, 2.45) is 0 Å². The molecule has 0 unspecified atom stereocenters. The summed E-state index contributed by atoms with van der Waals surface area (Å²) < 4.78 is 41.6. The first kappa shape index (κ1) is 19.4. The molecule has 0 saturated heterocycles. The highest BCUT2D eigenvalue weighted by Crippen LogP contribution is 2.33. The molecule has 0 bridgehead atoms. The topological polar surface area (TPSA) is 56.5 Å². The molecule has 3 heterocycles. The highest BCUT2D eigenvalue weighted by Gasteiger charge is 2.34. The van der Waals surface area contributed by atoms with E-state index >= 15 is 0 Å². The zero-order valence-electron chi connectivity index (χ0n) is 14.4. The lowest BCUT2D eigenvalue weighted by Crippen LogP contribution is -2.12. The lowest BCUT2D eigenvalue weighted by Gasteiger charge is -2.11. The number of halogens is 5. The quantitative estimate of drug-likeness (QED) is 0.413. The molecule has 0 N–H and O–H groups in total. The second-order valence-electron chi connectivity index (χ2n) is 5.97. The van der Waals surface area contributed by atoms with Gasteiger partial charge in [-0.2, -0.15) is 13.2 Å². The van der Waals surface area contributed by atoms with Crippen LogP contribution in [0.5, 0.6) is 0 Å². The lowest BCUT2D eigenvalue weighted by atomic mass is 10.1. The molecule has 0 radical (unpaired) electrons. The molecule has 0 amide bonds. The fraction of sp³-hybridized carbons (Fsp3) is 0.0526. The van der Waals surface area contributed by atoms with Crippen LogP contribution in [-0.2, 0) is 6.18 Å². The third-order valence-electron chi connectivity index (χ3n) is 3.99. The Morgan fingerprint density at radius 2 is 1.72 bits per heavy atom. The van der Waals surface area contributed by atoms with Gasteiger partial charge in [0.15, 0.2) is 5.69 Å². The van der Waals surface area contributed by atoms with E-state index in [4.69, 9.17) is 23.2 Å². The highest BCUT2D eigenvalue weighted by molar-refractivity contribution is 6.42. The van der Waals surface area contributed by atoms with Crippen molar-refractivity contribution in [2.45, 2.75) is 6.18 Å². The molecule has 0 fully saturated rings. The Hall–Kier alpha value is -2.97. The van der Waals surface area contributed by atoms with Crippen LogP contribution in [0.25, 0.3) is 28.5 Å². The summed E-state index contributed by atoms with van der Waals surface area (Å²) in [4.78, 5) is 16.1. The van der Waals surface area contributed by atoms with Gasteiger partial charge in [0.1, 0.15) is 6.33 Å². The summed E-state index contributed by atoms with van der Waals surface area (Å²) in [7, 11) is 0. The van der Waals surface area contributed by atoms with Crippen LogP contribution in [0.3, 0.4) is 0 Å². The summed E-state index contributed by atoms with van der Waals surface area (Å²) in [5, 5.41) is 0.496. The number of rotatable bonds is 3. The minimum Gasteiger partial charge on any atom is -0.274 e. The van der Waals surface area contributed by atoms with Crippen LogP contribution in [-0.4, -0.2) is 24.5 Å². The van der Waals surface area contributed by atoms with Crippen molar-refractivity contribution in [2.75, 3.05) is 0 Å². The van der Waals surface area contributed by atoms with Gasteiger partial charge in [0, 0.05) is 29.7 Å². The summed E-state index contributed by atoms with van der Waals surface area (Å²) in [5.41, 5.74) is 0.581. The number of hydrogen-bond donors (Lipinski definition) is 0. The third kappa shape index (κ3) is 4.08. The van der Waals surface area contributed by atoms with Crippen molar-refractivity contribution in [3.63, 3.8) is 0 Å². The molecule has 10 heteroatoms. The zero-order valence-corrected chi connectivity index (χ0v) is 15.9. The molecule has 29 heavy (non-hydrogen) atoms. The average molecular weight is 436 g/mol. The van der Waals surface area contributed by atoms with Gasteiger partial charge in [-0.15, -0.1) is 0 Å². The largest absolute Gasteiger partial charge is 0.433 e. The number of hydrogen-bond acceptors (Lipinski definition) is 4. The molecule has 146 valence electrons. The number of alkyl halides is 3. The predicted molar refractivity (Wildman–Crippen MR) is 103 cm³/mol. The molecule has 0 aliphatic heterocycles. The van der Waals surface area contributed by atoms with Gasteiger partial charge in [0.2, 0.25) is 5.95 Å². The molecule has 0 aliphatic carbocycles. The maximum absolute atomic E-state index is 13.4. The minimum atomic E-state index is -4.66. The lowest BCUT2D eigenvalue weighted by molar-refractivity contribution is -0.141. The Bertz CT molecular complexity index is 1180. The van der Waals surface area contributed by atoms with Crippen LogP contribution in [0.4, 0.5) is 13.2 Å². The molecule has 3 aromatic heterocycles. The maximum Gasteiger partial charge on any atom is 0.433 e. The van der Waals surface area contributed by atoms with E-state index in [1.807, 2.05) is 0 Å². The Kier molecular flexibility index (Phi) is 4.97. The second-order valence-corrected chi connectivity index (χ2v) is 6.79. The predicted octanol–water partition coefficient (Wildman–Crippen LogP) is 5.72. The zero-order chi connectivity index (χ0) is 20.6. The molecule has 0 aliphatic rings. The van der Waals surface area contributed by atoms with Crippen molar-refractivity contribution in [3.8, 4) is 28.5 Å². The van der Waals surface area contributed by atoms with E-state index in [0.29, 0.717) is 16.8 Å². The molecule has 4 aromatic rings. The van der Waals surface area contributed by atoms with Crippen molar-refractivity contribution < 1.29 is 13.2 Å². The van der Waals surface area contributed by atoms with Crippen molar-refractivity contribution in [1.82, 2.24) is 24.5 Å². The van der Waals surface area contributed by atoms with Gasteiger partial charge in [-0.05, 0) is 30.3 Å². The van der Waals surface area contributed by atoms with Crippen LogP contribution >= 0.6 is 23.2 Å². The van der Waals surface area contributed by atoms with Gasteiger partial charge < -0.3 is 0 Å². The van der Waals surface area contributed by atoms with Crippen LogP contribution in [0.15, 0.2) is 61.3 Å². The van der Waals surface area contributed by atoms with E-state index in [1.165, 1.54) is 35.3 Å². The number of pyridine rings is 1. The molecule has 5 nitrogen and oxygen atoms in total. The smallest absolute Gasteiger partial charge is 0.274 e. The standard InChI is InChI=1S/C19H10Cl2F3N5/c20-13-4-3-11(6-14(13)21)15-7-17(19(22,23)24)28-18(27-15)29-9-16(26-10-29)12-2-1-5-25-8-12/h1-10H. The van der Waals surface area contributed by atoms with E-state index in [1.54, 1.807) is 24.5 Å². The number of imidazole rings is 1. The summed E-state index contributed by atoms with van der Waals surface area (Å²) in [6, 6.07) is 8.86. The summed E-state index contributed by atoms with van der Waals surface area (Å²) in [6.45, 7) is 0. The van der Waals surface area contributed by atoms with E-state index < -0.39 is 11.9 Å². The SMILES string of the molecule is FC(F)(F)c1cc(-c2ccc(Cl)c(Cl)c2)nc(-n2cnc(-c3cccnc3)c2)n1. The molecule has 0 atom stereocenters. The Labute approximate surface area is 172 Å². The molecule has 4 rings (SSSR count). The maximum atomic E-state index is 13.4. The Morgan fingerprint density at radius 1 is 0.897 bits per heavy atom. The minimum absolute atomic E-state index is 0.0533. The van der Waals surface area contributed by atoms with Gasteiger partial charge in [-0.1, -0.05) is 29.3 Å². The molecular weight excluding hydrogens is 426 g/mol. The van der Waals surface area contributed by atoms with Crippen molar-refractivity contribution in [3.05, 3.63) is 77.1 Å². The van der Waals surface area contributed by atoms with E-state index in [9.17, 15) is 13.2 Å². The molecular formula is C19H10Cl2F3N5. The molecule has 0 spiro atoms. The first-order valence-corrected chi connectivity index (χ1v) is 8.93. The van der Waals surface area contributed by atoms with Gasteiger partial charge in [-0.25, -0.2) is 15.0 Å². The number of nitrogens with zero attached hydrogens (tertiary/aromatic N) is 5. The normalized spacial score (nSPS) is 11.6. The third-order valence-corrected chi connectivity index (χ3v) is 4.73. The highest BCUT2D eigenvalue weighted by atomic mass is 35.5. The van der Waals surface area contributed by atoms with Crippen LogP contribution < -0.4 is 0 Å². The monoisotopic (exact) mass is 435 g/mol. The number of aromatic nitrogens is 5. The van der Waals surface area contributed by atoms with E-state index in [2.05, 4.69) is 19.9 Å². The fourth-order valence-corrected chi connectivity index (χ4v) is 2.89.